The summed E-state index contributed by atoms with van der Waals surface area (Å²) < 4.78 is 88.7. The number of halogens is 7. The van der Waals surface area contributed by atoms with Gasteiger partial charge in [0.05, 0.1) is 0 Å². The third-order valence-electron chi connectivity index (χ3n) is 2.55. The molecule has 0 amide bonds. The van der Waals surface area contributed by atoms with Crippen molar-refractivity contribution in [3.8, 4) is 0 Å². The Morgan fingerprint density at radius 3 is 1.83 bits per heavy atom. The number of hydrogen-bond acceptors (Lipinski definition) is 2. The number of hydrogen-bond donors (Lipinski definition) is 0. The van der Waals surface area contributed by atoms with Crippen molar-refractivity contribution < 1.29 is 37.7 Å². The minimum Gasteiger partial charge on any atom is -0.457 e. The van der Waals surface area contributed by atoms with Gasteiger partial charge in [0.15, 0.2) is 0 Å². The summed E-state index contributed by atoms with van der Waals surface area (Å²) in [5.41, 5.74) is 0. The standard InChI is InChI=1S/C8H11F7O2S/c9-8(10,18(11,12,13,14)15)7(16)17-6-4-2-1-3-5-6/h6H,1-5H2. The van der Waals surface area contributed by atoms with E-state index in [2.05, 4.69) is 4.74 Å². The number of rotatable bonds is 3. The Hall–Kier alpha value is -0.670. The quantitative estimate of drug-likeness (QED) is 0.555. The summed E-state index contributed by atoms with van der Waals surface area (Å²) in [5.74, 6) is -3.21. The van der Waals surface area contributed by atoms with Crippen molar-refractivity contribution in [2.75, 3.05) is 0 Å². The van der Waals surface area contributed by atoms with Crippen LogP contribution < -0.4 is 0 Å². The summed E-state index contributed by atoms with van der Waals surface area (Å²) >= 11 is 0. The molecule has 0 aromatic rings. The van der Waals surface area contributed by atoms with Crippen LogP contribution in [0.25, 0.3) is 0 Å². The van der Waals surface area contributed by atoms with E-state index in [9.17, 15) is 33.0 Å². The third-order valence-corrected chi connectivity index (χ3v) is 3.68. The maximum Gasteiger partial charge on any atom is 0.477 e. The molecule has 1 saturated carbocycles. The highest BCUT2D eigenvalue weighted by Gasteiger charge is 2.87. The van der Waals surface area contributed by atoms with Gasteiger partial charge in [-0.05, 0) is 25.7 Å². The molecule has 18 heavy (non-hydrogen) atoms. The second kappa shape index (κ2) is 3.67. The van der Waals surface area contributed by atoms with Crippen LogP contribution in [-0.4, -0.2) is 17.3 Å². The first-order valence-corrected chi connectivity index (χ1v) is 7.02. The van der Waals surface area contributed by atoms with Crippen LogP contribution in [0, 0.1) is 0 Å². The third kappa shape index (κ3) is 3.01. The van der Waals surface area contributed by atoms with E-state index < -0.39 is 27.6 Å². The van der Waals surface area contributed by atoms with Crippen molar-refractivity contribution in [2.24, 2.45) is 0 Å². The highest BCUT2D eigenvalue weighted by Crippen LogP contribution is 3.04. The van der Waals surface area contributed by atoms with Gasteiger partial charge in [-0.3, -0.25) is 0 Å². The lowest BCUT2D eigenvalue weighted by molar-refractivity contribution is -0.171. The summed E-state index contributed by atoms with van der Waals surface area (Å²) in [7, 11) is -11.3. The molecule has 0 aromatic heterocycles. The van der Waals surface area contributed by atoms with Gasteiger partial charge < -0.3 is 4.74 Å². The van der Waals surface area contributed by atoms with E-state index in [0.29, 0.717) is 12.8 Å². The molecule has 0 atom stereocenters. The average molecular weight is 304 g/mol. The maximum atomic E-state index is 12.6. The number of alkyl halides is 2. The van der Waals surface area contributed by atoms with Crippen LogP contribution in [0.5, 0.6) is 0 Å². The van der Waals surface area contributed by atoms with Crippen LogP contribution >= 0.6 is 10.2 Å². The first kappa shape index (κ1) is 15.4. The van der Waals surface area contributed by atoms with Gasteiger partial charge in [-0.25, -0.2) is 4.79 Å². The zero-order chi connectivity index (χ0) is 14.3. The molecule has 0 radical (unpaired) electrons. The molecule has 0 saturated heterocycles. The van der Waals surface area contributed by atoms with E-state index in [1.54, 1.807) is 0 Å². The number of ether oxygens (including phenoxy) is 1. The smallest absolute Gasteiger partial charge is 0.457 e. The van der Waals surface area contributed by atoms with Crippen LogP contribution in [0.2, 0.25) is 0 Å². The summed E-state index contributed by atoms with van der Waals surface area (Å²) in [6.45, 7) is 0. The lowest BCUT2D eigenvalue weighted by atomic mass is 9.98. The first-order valence-electron chi connectivity index (χ1n) is 5.06. The van der Waals surface area contributed by atoms with Gasteiger partial charge in [0.25, 0.3) is 0 Å². The molecule has 0 N–H and O–H groups in total. The highest BCUT2D eigenvalue weighted by molar-refractivity contribution is 8.47. The van der Waals surface area contributed by atoms with Crippen molar-refractivity contribution in [1.82, 2.24) is 0 Å². The predicted molar refractivity (Wildman–Crippen MR) is 51.0 cm³/mol. The Morgan fingerprint density at radius 2 is 1.44 bits per heavy atom. The summed E-state index contributed by atoms with van der Waals surface area (Å²) in [6.07, 6.45) is 0.743. The van der Waals surface area contributed by atoms with Gasteiger partial charge in [-0.2, -0.15) is 8.78 Å². The molecule has 1 aliphatic rings. The van der Waals surface area contributed by atoms with E-state index >= 15 is 0 Å². The lowest BCUT2D eigenvalue weighted by Crippen LogP contribution is -2.43. The second-order valence-electron chi connectivity index (χ2n) is 4.15. The van der Waals surface area contributed by atoms with Gasteiger partial charge in [0.2, 0.25) is 0 Å². The fourth-order valence-electron chi connectivity index (χ4n) is 1.56. The lowest BCUT2D eigenvalue weighted by Gasteiger charge is -2.44. The highest BCUT2D eigenvalue weighted by atomic mass is 32.5. The molecule has 2 nitrogen and oxygen atoms in total. The van der Waals surface area contributed by atoms with Gasteiger partial charge >= 0.3 is 21.4 Å². The average Bonchev–Trinajstić information content (AvgIpc) is 2.15. The summed E-state index contributed by atoms with van der Waals surface area (Å²) in [6, 6.07) is 0. The Labute approximate surface area is 98.2 Å². The molecule has 0 bridgehead atoms. The van der Waals surface area contributed by atoms with Crippen molar-refractivity contribution in [1.29, 1.82) is 0 Å². The molecule has 110 valence electrons. The minimum atomic E-state index is -11.3. The number of esters is 1. The maximum absolute atomic E-state index is 12.6. The molecule has 1 aliphatic carbocycles. The van der Waals surface area contributed by atoms with Gasteiger partial charge in [-0.15, -0.1) is 0 Å². The van der Waals surface area contributed by atoms with Crippen LogP contribution in [-0.2, 0) is 9.53 Å². The number of carbonyl (C=O) groups is 1. The SMILES string of the molecule is O=C(OC1CCCCC1)C(F)(F)S(F)(F)(F)(F)F. The molecule has 10 heteroatoms. The Kier molecular flexibility index (Phi) is 3.14. The van der Waals surface area contributed by atoms with Crippen LogP contribution in [0.15, 0.2) is 0 Å². The molecule has 0 unspecified atom stereocenters. The first-order chi connectivity index (χ1) is 7.74. The van der Waals surface area contributed by atoms with Crippen molar-refractivity contribution >= 4 is 16.2 Å². The molecule has 0 heterocycles. The van der Waals surface area contributed by atoms with Crippen molar-refractivity contribution in [3.63, 3.8) is 0 Å². The van der Waals surface area contributed by atoms with Crippen LogP contribution in [0.3, 0.4) is 0 Å². The van der Waals surface area contributed by atoms with E-state index in [1.807, 2.05) is 0 Å². The molecular weight excluding hydrogens is 293 g/mol. The summed E-state index contributed by atoms with van der Waals surface area (Å²) in [4.78, 5) is 10.6. The monoisotopic (exact) mass is 304 g/mol. The zero-order valence-electron chi connectivity index (χ0n) is 8.98. The molecule has 0 aromatic carbocycles. The molecular formula is C8H11F7O2S. The van der Waals surface area contributed by atoms with Crippen LogP contribution in [0.4, 0.5) is 28.2 Å². The molecule has 1 rings (SSSR count). The predicted octanol–water partition coefficient (Wildman–Crippen LogP) is 4.75. The molecule has 0 spiro atoms. The topological polar surface area (TPSA) is 26.3 Å². The normalized spacial score (nSPS) is 23.1. The Balaban J connectivity index is 2.83. The fourth-order valence-corrected chi connectivity index (χ4v) is 1.92. The van der Waals surface area contributed by atoms with E-state index in [0.717, 1.165) is 6.42 Å². The van der Waals surface area contributed by atoms with Crippen LogP contribution in [0.1, 0.15) is 32.1 Å². The number of carbonyl (C=O) groups excluding carboxylic acids is 1. The van der Waals surface area contributed by atoms with E-state index in [-0.39, 0.29) is 12.8 Å². The Bertz CT molecular complexity index is 343. The van der Waals surface area contributed by atoms with Gasteiger partial charge in [0, 0.05) is 0 Å². The summed E-state index contributed by atoms with van der Waals surface area (Å²) in [5, 5.41) is -6.75. The van der Waals surface area contributed by atoms with E-state index in [1.165, 1.54) is 0 Å². The molecule has 1 fully saturated rings. The van der Waals surface area contributed by atoms with Crippen molar-refractivity contribution in [3.05, 3.63) is 0 Å². The zero-order valence-corrected chi connectivity index (χ0v) is 9.80. The largest absolute Gasteiger partial charge is 0.477 e. The van der Waals surface area contributed by atoms with Gasteiger partial charge in [-0.1, -0.05) is 25.8 Å². The van der Waals surface area contributed by atoms with Gasteiger partial charge in [0.1, 0.15) is 6.10 Å². The molecule has 0 aliphatic heterocycles. The second-order valence-corrected chi connectivity index (χ2v) is 6.60. The van der Waals surface area contributed by atoms with E-state index in [4.69, 9.17) is 0 Å². The fraction of sp³-hybridized carbons (Fsp3) is 0.875. The van der Waals surface area contributed by atoms with Crippen molar-refractivity contribution in [2.45, 2.75) is 43.5 Å². The Morgan fingerprint density at radius 1 is 1.00 bits per heavy atom. The minimum absolute atomic E-state index is 0.0993.